The van der Waals surface area contributed by atoms with Crippen LogP contribution in [-0.2, 0) is 11.8 Å². The molecule has 10 rings (SSSR count). The van der Waals surface area contributed by atoms with Gasteiger partial charge in [0.1, 0.15) is 5.75 Å². The van der Waals surface area contributed by atoms with Crippen molar-refractivity contribution in [3.05, 3.63) is 58.8 Å². The van der Waals surface area contributed by atoms with E-state index in [-0.39, 0.29) is 5.41 Å². The van der Waals surface area contributed by atoms with Crippen LogP contribution in [0.4, 0.5) is 5.69 Å². The van der Waals surface area contributed by atoms with Crippen LogP contribution >= 0.6 is 0 Å². The molecular formula is C38H48N4O. The van der Waals surface area contributed by atoms with E-state index in [1.807, 2.05) is 0 Å². The fourth-order valence-corrected chi connectivity index (χ4v) is 13.0. The topological polar surface area (TPSA) is 43.7 Å². The molecule has 6 aliphatic heterocycles. The van der Waals surface area contributed by atoms with Crippen LogP contribution in [-0.4, -0.2) is 57.7 Å². The number of rotatable bonds is 3. The molecule has 3 aromatic rings. The average molecular weight is 577 g/mol. The second-order valence-electron chi connectivity index (χ2n) is 15.7. The van der Waals surface area contributed by atoms with E-state index in [0.29, 0.717) is 40.7 Å². The molecule has 2 aromatic carbocycles. The number of hydrogen-bond acceptors (Lipinski definition) is 4. The summed E-state index contributed by atoms with van der Waals surface area (Å²) < 4.78 is 2.81. The van der Waals surface area contributed by atoms with Gasteiger partial charge in [-0.05, 0) is 124 Å². The van der Waals surface area contributed by atoms with Gasteiger partial charge in [-0.25, -0.2) is 0 Å². The van der Waals surface area contributed by atoms with Crippen LogP contribution in [0.5, 0.6) is 5.75 Å². The van der Waals surface area contributed by atoms with E-state index in [2.05, 4.69) is 69.9 Å². The number of hydrogen-bond donors (Lipinski definition) is 2. The SMILES string of the molecule is CC[C@]12CCCN3CCc4c(n(c5ccccc45)[C@@H](c4ccc(O)c5c4N[C@H]4CC[C@]6(CC)CCCN7CC[C@]54[C@@H]76)C1)C32. The second-order valence-corrected chi connectivity index (χ2v) is 15.7. The molecule has 1 spiro atoms. The number of piperidine rings is 2. The normalized spacial score (nSPS) is 39.2. The lowest BCUT2D eigenvalue weighted by atomic mass is 9.52. The summed E-state index contributed by atoms with van der Waals surface area (Å²) in [7, 11) is 0. The van der Waals surface area contributed by atoms with Crippen molar-refractivity contribution in [2.45, 2.75) is 114 Å². The Morgan fingerprint density at radius 2 is 1.70 bits per heavy atom. The number of phenols is 1. The number of nitrogens with one attached hydrogen (secondary N) is 1. The lowest BCUT2D eigenvalue weighted by Crippen LogP contribution is -2.63. The highest BCUT2D eigenvalue weighted by Crippen LogP contribution is 2.67. The quantitative estimate of drug-likeness (QED) is 0.339. The van der Waals surface area contributed by atoms with Crippen molar-refractivity contribution in [2.24, 2.45) is 10.8 Å². The Hall–Kier alpha value is -2.50. The van der Waals surface area contributed by atoms with Crippen molar-refractivity contribution < 1.29 is 5.11 Å². The van der Waals surface area contributed by atoms with E-state index >= 15 is 0 Å². The molecule has 43 heavy (non-hydrogen) atoms. The third-order valence-corrected chi connectivity index (χ3v) is 14.6. The Morgan fingerprint density at radius 3 is 2.56 bits per heavy atom. The lowest BCUT2D eigenvalue weighted by Gasteiger charge is -2.58. The summed E-state index contributed by atoms with van der Waals surface area (Å²) in [5.41, 5.74) is 9.47. The van der Waals surface area contributed by atoms with Gasteiger partial charge in [-0.1, -0.05) is 38.1 Å². The molecule has 0 amide bonds. The molecule has 3 saturated heterocycles. The van der Waals surface area contributed by atoms with Gasteiger partial charge in [0.2, 0.25) is 0 Å². The number of aromatic nitrogens is 1. The smallest absolute Gasteiger partial charge is 0.121 e. The van der Waals surface area contributed by atoms with Gasteiger partial charge in [-0.2, -0.15) is 0 Å². The maximum Gasteiger partial charge on any atom is 0.121 e. The Morgan fingerprint density at radius 1 is 0.884 bits per heavy atom. The predicted molar refractivity (Wildman–Crippen MR) is 173 cm³/mol. The first-order valence-corrected chi connectivity index (χ1v) is 17.8. The van der Waals surface area contributed by atoms with E-state index in [1.165, 1.54) is 125 Å². The molecular weight excluding hydrogens is 528 g/mol. The number of aromatic hydroxyl groups is 1. The Balaban J connectivity index is 1.22. The van der Waals surface area contributed by atoms with Gasteiger partial charge in [-0.3, -0.25) is 9.80 Å². The molecule has 1 unspecified atom stereocenters. The highest BCUT2D eigenvalue weighted by molar-refractivity contribution is 5.87. The second kappa shape index (κ2) is 8.60. The molecule has 0 radical (unpaired) electrons. The zero-order chi connectivity index (χ0) is 28.7. The van der Waals surface area contributed by atoms with Crippen LogP contribution in [0.3, 0.4) is 0 Å². The Kier molecular flexibility index (Phi) is 5.16. The summed E-state index contributed by atoms with van der Waals surface area (Å²) in [6.07, 6.45) is 13.9. The minimum Gasteiger partial charge on any atom is -0.508 e. The van der Waals surface area contributed by atoms with Crippen LogP contribution in [0.2, 0.25) is 0 Å². The van der Waals surface area contributed by atoms with Gasteiger partial charge in [0, 0.05) is 51.9 Å². The molecule has 1 aliphatic carbocycles. The van der Waals surface area contributed by atoms with Gasteiger partial charge in [0.05, 0.1) is 12.1 Å². The van der Waals surface area contributed by atoms with Crippen molar-refractivity contribution in [3.63, 3.8) is 0 Å². The van der Waals surface area contributed by atoms with E-state index in [0.717, 1.165) is 0 Å². The Labute approximate surface area is 256 Å². The molecule has 226 valence electrons. The molecule has 2 N–H and O–H groups in total. The van der Waals surface area contributed by atoms with Gasteiger partial charge in [-0.15, -0.1) is 0 Å². The van der Waals surface area contributed by atoms with Crippen molar-refractivity contribution >= 4 is 16.6 Å². The molecule has 7 aliphatic rings. The third kappa shape index (κ3) is 2.94. The van der Waals surface area contributed by atoms with Crippen LogP contribution in [0.25, 0.3) is 10.9 Å². The molecule has 0 bridgehead atoms. The number of para-hydroxylation sites is 1. The van der Waals surface area contributed by atoms with Crippen molar-refractivity contribution in [2.75, 3.05) is 31.5 Å². The molecule has 7 heterocycles. The lowest BCUT2D eigenvalue weighted by molar-refractivity contribution is -0.0314. The zero-order valence-electron chi connectivity index (χ0n) is 26.2. The number of fused-ring (bicyclic) bond motifs is 4. The van der Waals surface area contributed by atoms with Gasteiger partial charge in [0.25, 0.3) is 0 Å². The summed E-state index contributed by atoms with van der Waals surface area (Å²) >= 11 is 0. The van der Waals surface area contributed by atoms with Crippen LogP contribution < -0.4 is 5.32 Å². The van der Waals surface area contributed by atoms with Gasteiger partial charge >= 0.3 is 0 Å². The highest BCUT2D eigenvalue weighted by Gasteiger charge is 2.67. The van der Waals surface area contributed by atoms with Gasteiger partial charge < -0.3 is 15.0 Å². The van der Waals surface area contributed by atoms with E-state index in [1.54, 1.807) is 11.3 Å². The summed E-state index contributed by atoms with van der Waals surface area (Å²) in [6, 6.07) is 15.5. The standard InChI is InChI=1S/C38H48N4O/c1-3-36-15-7-20-41-22-18-38(35(36)41)30(13-17-36)39-32-26(11-12-29(43)31(32)38)28-23-37(4-2)16-8-19-40-21-14-25-24-9-5-6-10-27(24)42(28)33(25)34(37)40/h5-6,9-12,28,30,34-35,39,43H,3-4,7-8,13-23H2,1-2H3/t28-,30+,34?,35+,36+,37+,38-/m1/s1. The Bertz CT molecular complexity index is 1660. The first-order valence-electron chi connectivity index (χ1n) is 17.8. The fraction of sp³-hybridized carbons (Fsp3) is 0.632. The van der Waals surface area contributed by atoms with Crippen LogP contribution in [0.15, 0.2) is 36.4 Å². The minimum atomic E-state index is 0.0313. The highest BCUT2D eigenvalue weighted by atomic mass is 16.3. The molecule has 1 aromatic heterocycles. The largest absolute Gasteiger partial charge is 0.508 e. The summed E-state index contributed by atoms with van der Waals surface area (Å²) in [4.78, 5) is 5.71. The van der Waals surface area contributed by atoms with E-state index in [9.17, 15) is 5.11 Å². The predicted octanol–water partition coefficient (Wildman–Crippen LogP) is 7.52. The fourth-order valence-electron chi connectivity index (χ4n) is 13.0. The maximum absolute atomic E-state index is 11.9. The maximum atomic E-state index is 11.9. The summed E-state index contributed by atoms with van der Waals surface area (Å²) in [6.45, 7) is 9.79. The summed E-state index contributed by atoms with van der Waals surface area (Å²) in [5.74, 6) is 0.551. The monoisotopic (exact) mass is 576 g/mol. The van der Waals surface area contributed by atoms with Crippen LogP contribution in [0.1, 0.15) is 113 Å². The van der Waals surface area contributed by atoms with Crippen molar-refractivity contribution in [3.8, 4) is 5.75 Å². The first-order chi connectivity index (χ1) is 21.1. The number of phenolic OH excluding ortho intramolecular Hbond substituents is 1. The molecule has 7 atom stereocenters. The number of anilines is 1. The van der Waals surface area contributed by atoms with Crippen LogP contribution in [0, 0.1) is 10.8 Å². The third-order valence-electron chi connectivity index (χ3n) is 14.6. The van der Waals surface area contributed by atoms with Gasteiger partial charge in [0.15, 0.2) is 0 Å². The molecule has 1 saturated carbocycles. The number of benzene rings is 2. The van der Waals surface area contributed by atoms with E-state index < -0.39 is 0 Å². The zero-order valence-corrected chi connectivity index (χ0v) is 26.2. The molecule has 4 fully saturated rings. The first kappa shape index (κ1) is 25.8. The van der Waals surface area contributed by atoms with E-state index in [4.69, 9.17) is 0 Å². The molecule has 5 heteroatoms. The number of nitrogens with zero attached hydrogens (tertiary/aromatic N) is 3. The molecule has 5 nitrogen and oxygen atoms in total. The van der Waals surface area contributed by atoms with Crippen molar-refractivity contribution in [1.82, 2.24) is 14.4 Å². The average Bonchev–Trinajstić information content (AvgIpc) is 3.72. The summed E-state index contributed by atoms with van der Waals surface area (Å²) in [5, 5.41) is 17.6. The van der Waals surface area contributed by atoms with Crippen molar-refractivity contribution in [1.29, 1.82) is 0 Å². The minimum absolute atomic E-state index is 0.0313.